The van der Waals surface area contributed by atoms with Gasteiger partial charge in [-0.3, -0.25) is 4.79 Å². The van der Waals surface area contributed by atoms with E-state index >= 15 is 0 Å². The van der Waals surface area contributed by atoms with Gasteiger partial charge >= 0.3 is 12.1 Å². The highest BCUT2D eigenvalue weighted by Gasteiger charge is 2.40. The number of phenolic OH excluding ortho intramolecular Hbond substituents is 2. The van der Waals surface area contributed by atoms with Gasteiger partial charge in [-0.15, -0.1) is 0 Å². The molecule has 0 saturated heterocycles. The molecule has 0 amide bonds. The summed E-state index contributed by atoms with van der Waals surface area (Å²) in [5.74, 6) is -3.79. The molecule has 160 valence electrons. The van der Waals surface area contributed by atoms with Crippen LogP contribution in [0.4, 0.5) is 13.2 Å². The summed E-state index contributed by atoms with van der Waals surface area (Å²) in [6.07, 6.45) is -5.05. The van der Waals surface area contributed by atoms with Crippen LogP contribution in [0.1, 0.15) is 23.2 Å². The van der Waals surface area contributed by atoms with Crippen LogP contribution in [0.25, 0.3) is 33.1 Å². The number of fused-ring (bicyclic) bond motifs is 2. The zero-order chi connectivity index (χ0) is 22.5. The van der Waals surface area contributed by atoms with Gasteiger partial charge in [0, 0.05) is 17.5 Å². The summed E-state index contributed by atoms with van der Waals surface area (Å²) >= 11 is 0. The molecule has 4 aromatic rings. The molecule has 2 aromatic carbocycles. The molecular weight excluding hydrogens is 421 g/mol. The van der Waals surface area contributed by atoms with E-state index in [-0.39, 0.29) is 28.9 Å². The quantitative estimate of drug-likeness (QED) is 0.445. The highest BCUT2D eigenvalue weighted by molar-refractivity contribution is 5.95. The smallest absolute Gasteiger partial charge is 0.450 e. The largest absolute Gasteiger partial charge is 0.508 e. The number of furan rings is 1. The second-order valence-electron chi connectivity index (χ2n) is 6.55. The van der Waals surface area contributed by atoms with Crippen LogP contribution in [-0.4, -0.2) is 22.8 Å². The van der Waals surface area contributed by atoms with Crippen molar-refractivity contribution in [3.63, 3.8) is 0 Å². The van der Waals surface area contributed by atoms with Gasteiger partial charge in [0.2, 0.25) is 16.9 Å². The van der Waals surface area contributed by atoms with E-state index in [0.29, 0.717) is 0 Å². The number of benzene rings is 2. The molecular formula is C21H13F3O7. The van der Waals surface area contributed by atoms with Crippen molar-refractivity contribution >= 4 is 27.9 Å². The second kappa shape index (κ2) is 7.08. The first kappa shape index (κ1) is 20.3. The van der Waals surface area contributed by atoms with Gasteiger partial charge in [-0.25, -0.2) is 4.79 Å². The molecule has 4 rings (SSSR count). The lowest BCUT2D eigenvalue weighted by atomic mass is 10.00. The summed E-state index contributed by atoms with van der Waals surface area (Å²) in [5.41, 5.74) is -2.56. The fraction of sp³-hybridized carbons (Fsp3) is 0.143. The third kappa shape index (κ3) is 3.45. The minimum atomic E-state index is -5.05. The molecule has 10 heteroatoms. The van der Waals surface area contributed by atoms with Gasteiger partial charge in [-0.1, -0.05) is 6.07 Å². The van der Waals surface area contributed by atoms with Crippen LogP contribution in [0, 0.1) is 0 Å². The fourth-order valence-electron chi connectivity index (χ4n) is 3.25. The van der Waals surface area contributed by atoms with Crippen molar-refractivity contribution < 1.29 is 41.8 Å². The first-order chi connectivity index (χ1) is 14.6. The third-order valence-corrected chi connectivity index (χ3v) is 4.50. The SMILES string of the molecule is CCOC(=O)c1cc2cc(-c3c(C(F)(F)F)oc4cc(O)cc(O)c4c3=O)ccc2o1. The molecule has 0 aliphatic carbocycles. The number of esters is 1. The molecule has 2 heterocycles. The average Bonchev–Trinajstić information content (AvgIpc) is 3.10. The van der Waals surface area contributed by atoms with Crippen molar-refractivity contribution in [3.05, 3.63) is 58.1 Å². The zero-order valence-corrected chi connectivity index (χ0v) is 15.7. The lowest BCUT2D eigenvalue weighted by molar-refractivity contribution is -0.152. The van der Waals surface area contributed by atoms with Crippen molar-refractivity contribution in [2.24, 2.45) is 0 Å². The molecule has 2 aromatic heterocycles. The number of phenols is 2. The molecule has 0 unspecified atom stereocenters. The van der Waals surface area contributed by atoms with Crippen LogP contribution in [0.3, 0.4) is 0 Å². The monoisotopic (exact) mass is 434 g/mol. The van der Waals surface area contributed by atoms with Crippen molar-refractivity contribution in [2.75, 3.05) is 6.61 Å². The minimum absolute atomic E-state index is 0.104. The maximum Gasteiger partial charge on any atom is 0.450 e. The molecule has 0 radical (unpaired) electrons. The second-order valence-corrected chi connectivity index (χ2v) is 6.55. The zero-order valence-electron chi connectivity index (χ0n) is 15.7. The van der Waals surface area contributed by atoms with Crippen LogP contribution < -0.4 is 5.43 Å². The minimum Gasteiger partial charge on any atom is -0.508 e. The third-order valence-electron chi connectivity index (χ3n) is 4.50. The van der Waals surface area contributed by atoms with Gasteiger partial charge in [-0.2, -0.15) is 13.2 Å². The van der Waals surface area contributed by atoms with E-state index in [1.54, 1.807) is 6.92 Å². The molecule has 0 aliphatic heterocycles. The summed E-state index contributed by atoms with van der Waals surface area (Å²) < 4.78 is 56.2. The highest BCUT2D eigenvalue weighted by atomic mass is 19.4. The summed E-state index contributed by atoms with van der Waals surface area (Å²) in [7, 11) is 0. The van der Waals surface area contributed by atoms with Gasteiger partial charge in [-0.05, 0) is 30.7 Å². The lowest BCUT2D eigenvalue weighted by Gasteiger charge is -2.13. The van der Waals surface area contributed by atoms with Gasteiger partial charge in [0.1, 0.15) is 28.1 Å². The van der Waals surface area contributed by atoms with E-state index in [4.69, 9.17) is 13.6 Å². The Balaban J connectivity index is 2.00. The highest BCUT2D eigenvalue weighted by Crippen LogP contribution is 2.40. The van der Waals surface area contributed by atoms with Crippen molar-refractivity contribution in [1.29, 1.82) is 0 Å². The summed E-state index contributed by atoms with van der Waals surface area (Å²) in [5, 5.41) is 19.3. The molecule has 2 N–H and O–H groups in total. The number of aromatic hydroxyl groups is 2. The molecule has 0 atom stereocenters. The number of halogens is 3. The van der Waals surface area contributed by atoms with E-state index in [0.717, 1.165) is 12.1 Å². The Labute approximate surface area is 170 Å². The molecule has 0 spiro atoms. The molecule has 0 fully saturated rings. The van der Waals surface area contributed by atoms with E-state index in [2.05, 4.69) is 0 Å². The summed E-state index contributed by atoms with van der Waals surface area (Å²) in [6.45, 7) is 1.71. The average molecular weight is 434 g/mol. The summed E-state index contributed by atoms with van der Waals surface area (Å²) in [4.78, 5) is 24.8. The number of hydrogen-bond acceptors (Lipinski definition) is 7. The number of rotatable bonds is 3. The van der Waals surface area contributed by atoms with Gasteiger partial charge in [0.15, 0.2) is 0 Å². The van der Waals surface area contributed by atoms with Gasteiger partial charge in [0.05, 0.1) is 12.2 Å². The molecule has 0 saturated carbocycles. The number of alkyl halides is 3. The Hall–Kier alpha value is -3.95. The fourth-order valence-corrected chi connectivity index (χ4v) is 3.25. The van der Waals surface area contributed by atoms with Gasteiger partial charge < -0.3 is 23.8 Å². The first-order valence-electron chi connectivity index (χ1n) is 8.91. The molecule has 0 aliphatic rings. The van der Waals surface area contributed by atoms with Crippen molar-refractivity contribution in [1.82, 2.24) is 0 Å². The Morgan fingerprint density at radius 3 is 2.48 bits per heavy atom. The molecule has 0 bridgehead atoms. The van der Waals surface area contributed by atoms with E-state index in [1.807, 2.05) is 0 Å². The van der Waals surface area contributed by atoms with Gasteiger partial charge in [0.25, 0.3) is 0 Å². The van der Waals surface area contributed by atoms with Crippen molar-refractivity contribution in [2.45, 2.75) is 13.1 Å². The lowest BCUT2D eigenvalue weighted by Crippen LogP contribution is -2.16. The predicted octanol–water partition coefficient (Wildman–Crippen LogP) is 4.81. The Bertz CT molecular complexity index is 1400. The number of carbonyl (C=O) groups excluding carboxylic acids is 1. The van der Waals surface area contributed by atoms with E-state index in [1.165, 1.54) is 24.3 Å². The Morgan fingerprint density at radius 1 is 1.06 bits per heavy atom. The Morgan fingerprint density at radius 2 is 1.81 bits per heavy atom. The summed E-state index contributed by atoms with van der Waals surface area (Å²) in [6, 6.07) is 6.63. The number of hydrogen-bond donors (Lipinski definition) is 2. The van der Waals surface area contributed by atoms with Crippen LogP contribution >= 0.6 is 0 Å². The Kier molecular flexibility index (Phi) is 4.64. The molecule has 7 nitrogen and oxygen atoms in total. The van der Waals surface area contributed by atoms with Crippen LogP contribution in [0.15, 0.2) is 50.0 Å². The topological polar surface area (TPSA) is 110 Å². The number of ether oxygens (including phenoxy) is 1. The molecule has 31 heavy (non-hydrogen) atoms. The van der Waals surface area contributed by atoms with Crippen LogP contribution in [-0.2, 0) is 10.9 Å². The normalized spacial score (nSPS) is 11.9. The first-order valence-corrected chi connectivity index (χ1v) is 8.91. The number of carbonyl (C=O) groups is 1. The van der Waals surface area contributed by atoms with Crippen LogP contribution in [0.2, 0.25) is 0 Å². The standard InChI is InChI=1S/C21H13F3O7/c1-2-29-20(28)15-6-10-5-9(3-4-13(10)30-15)16-18(27)17-12(26)7-11(25)8-14(17)31-19(16)21(22,23)24/h3-8,25-26H,2H2,1H3. The maximum atomic E-state index is 13.7. The van der Waals surface area contributed by atoms with E-state index < -0.39 is 51.4 Å². The predicted molar refractivity (Wildman–Crippen MR) is 102 cm³/mol. The van der Waals surface area contributed by atoms with Crippen LogP contribution in [0.5, 0.6) is 11.5 Å². The van der Waals surface area contributed by atoms with Crippen molar-refractivity contribution in [3.8, 4) is 22.6 Å². The van der Waals surface area contributed by atoms with E-state index in [9.17, 15) is 33.0 Å². The maximum absolute atomic E-state index is 13.7.